The van der Waals surface area contributed by atoms with Crippen molar-refractivity contribution in [1.29, 1.82) is 0 Å². The molecular formula is C16H17N3O. The summed E-state index contributed by atoms with van der Waals surface area (Å²) in [6, 6.07) is 9.68. The molecule has 1 fully saturated rings. The second kappa shape index (κ2) is 5.82. The van der Waals surface area contributed by atoms with Gasteiger partial charge in [-0.15, -0.1) is 0 Å². The number of aromatic nitrogens is 2. The van der Waals surface area contributed by atoms with Gasteiger partial charge < -0.3 is 5.32 Å². The molecule has 1 aliphatic carbocycles. The van der Waals surface area contributed by atoms with Gasteiger partial charge in [0.1, 0.15) is 0 Å². The van der Waals surface area contributed by atoms with Crippen LogP contribution in [0.2, 0.25) is 0 Å². The number of nitrogens with one attached hydrogen (secondary N) is 1. The minimum atomic E-state index is 0.171. The predicted octanol–water partition coefficient (Wildman–Crippen LogP) is 2.56. The van der Waals surface area contributed by atoms with Gasteiger partial charge in [0.15, 0.2) is 0 Å². The van der Waals surface area contributed by atoms with E-state index in [0.29, 0.717) is 6.54 Å². The molecule has 2 aromatic heterocycles. The number of rotatable bonds is 4. The number of pyridine rings is 2. The summed E-state index contributed by atoms with van der Waals surface area (Å²) in [7, 11) is 0. The van der Waals surface area contributed by atoms with Crippen LogP contribution < -0.4 is 5.32 Å². The first kappa shape index (κ1) is 12.8. The highest BCUT2D eigenvalue weighted by Gasteiger charge is 2.24. The fourth-order valence-electron chi connectivity index (χ4n) is 2.20. The molecule has 0 spiro atoms. The minimum Gasteiger partial charge on any atom is -0.352 e. The molecule has 4 heteroatoms. The third-order valence-electron chi connectivity index (χ3n) is 3.69. The average molecular weight is 267 g/mol. The van der Waals surface area contributed by atoms with E-state index in [4.69, 9.17) is 0 Å². The Morgan fingerprint density at radius 2 is 2.00 bits per heavy atom. The summed E-state index contributed by atoms with van der Waals surface area (Å²) in [5.74, 6) is 0.404. The highest BCUT2D eigenvalue weighted by atomic mass is 16.1. The van der Waals surface area contributed by atoms with Crippen LogP contribution in [0.3, 0.4) is 0 Å². The van der Waals surface area contributed by atoms with Crippen LogP contribution in [0.5, 0.6) is 0 Å². The Bertz CT molecular complexity index is 576. The summed E-state index contributed by atoms with van der Waals surface area (Å²) in [5, 5.41) is 2.97. The maximum Gasteiger partial charge on any atom is 0.223 e. The van der Waals surface area contributed by atoms with Crippen molar-refractivity contribution in [2.45, 2.75) is 25.8 Å². The number of carbonyl (C=O) groups excluding carboxylic acids is 1. The number of hydrogen-bond acceptors (Lipinski definition) is 3. The van der Waals surface area contributed by atoms with Crippen LogP contribution >= 0.6 is 0 Å². The van der Waals surface area contributed by atoms with Gasteiger partial charge in [0, 0.05) is 24.9 Å². The van der Waals surface area contributed by atoms with Crippen LogP contribution in [0.1, 0.15) is 24.8 Å². The normalized spacial score (nSPS) is 14.6. The van der Waals surface area contributed by atoms with Crippen molar-refractivity contribution < 1.29 is 4.79 Å². The highest BCUT2D eigenvalue weighted by Crippen LogP contribution is 2.26. The molecule has 0 bridgehead atoms. The van der Waals surface area contributed by atoms with Crippen LogP contribution in [-0.4, -0.2) is 15.9 Å². The van der Waals surface area contributed by atoms with Crippen molar-refractivity contribution in [2.75, 3.05) is 0 Å². The van der Waals surface area contributed by atoms with Crippen LogP contribution in [0, 0.1) is 5.92 Å². The first-order valence-electron chi connectivity index (χ1n) is 6.97. The second-order valence-corrected chi connectivity index (χ2v) is 5.11. The van der Waals surface area contributed by atoms with E-state index in [1.165, 1.54) is 6.42 Å². The number of carbonyl (C=O) groups is 1. The van der Waals surface area contributed by atoms with E-state index in [1.54, 1.807) is 12.4 Å². The second-order valence-electron chi connectivity index (χ2n) is 5.11. The van der Waals surface area contributed by atoms with Crippen molar-refractivity contribution in [3.8, 4) is 11.4 Å². The zero-order chi connectivity index (χ0) is 13.8. The lowest BCUT2D eigenvalue weighted by molar-refractivity contribution is -0.127. The van der Waals surface area contributed by atoms with Crippen molar-refractivity contribution in [2.24, 2.45) is 5.92 Å². The fraction of sp³-hybridized carbons (Fsp3) is 0.312. The molecule has 0 atom stereocenters. The predicted molar refractivity (Wildman–Crippen MR) is 76.7 cm³/mol. The van der Waals surface area contributed by atoms with Gasteiger partial charge in [-0.1, -0.05) is 18.6 Å². The molecular weight excluding hydrogens is 250 g/mol. The number of nitrogens with zero attached hydrogens (tertiary/aromatic N) is 2. The van der Waals surface area contributed by atoms with Gasteiger partial charge in [-0.3, -0.25) is 14.8 Å². The molecule has 102 valence electrons. The smallest absolute Gasteiger partial charge is 0.223 e. The minimum absolute atomic E-state index is 0.171. The summed E-state index contributed by atoms with van der Waals surface area (Å²) < 4.78 is 0. The maximum atomic E-state index is 11.7. The zero-order valence-corrected chi connectivity index (χ0v) is 11.2. The van der Waals surface area contributed by atoms with Gasteiger partial charge in [0.25, 0.3) is 0 Å². The quantitative estimate of drug-likeness (QED) is 0.926. The molecule has 1 saturated carbocycles. The topological polar surface area (TPSA) is 54.9 Å². The van der Waals surface area contributed by atoms with E-state index in [9.17, 15) is 4.79 Å². The van der Waals surface area contributed by atoms with Gasteiger partial charge >= 0.3 is 0 Å². The van der Waals surface area contributed by atoms with E-state index in [2.05, 4.69) is 15.3 Å². The van der Waals surface area contributed by atoms with Gasteiger partial charge in [-0.05, 0) is 36.6 Å². The van der Waals surface area contributed by atoms with Crippen molar-refractivity contribution >= 4 is 5.91 Å². The average Bonchev–Trinajstić information content (AvgIpc) is 2.45. The fourth-order valence-corrected chi connectivity index (χ4v) is 2.20. The largest absolute Gasteiger partial charge is 0.352 e. The lowest BCUT2D eigenvalue weighted by Gasteiger charge is -2.23. The molecule has 2 heterocycles. The van der Waals surface area contributed by atoms with Crippen LogP contribution in [-0.2, 0) is 11.3 Å². The summed E-state index contributed by atoms with van der Waals surface area (Å²) in [5.41, 5.74) is 2.72. The van der Waals surface area contributed by atoms with Gasteiger partial charge in [-0.2, -0.15) is 0 Å². The van der Waals surface area contributed by atoms with Gasteiger partial charge in [0.2, 0.25) is 5.91 Å². The SMILES string of the molecule is O=C(NCc1ccc(-c2ccccn2)nc1)C1CCC1. The maximum absolute atomic E-state index is 11.7. The Hall–Kier alpha value is -2.23. The van der Waals surface area contributed by atoms with Crippen molar-refractivity contribution in [1.82, 2.24) is 15.3 Å². The summed E-state index contributed by atoms with van der Waals surface area (Å²) in [6.07, 6.45) is 6.79. The lowest BCUT2D eigenvalue weighted by Crippen LogP contribution is -2.33. The summed E-state index contributed by atoms with van der Waals surface area (Å²) in [6.45, 7) is 0.546. The Kier molecular flexibility index (Phi) is 3.72. The van der Waals surface area contributed by atoms with Gasteiger partial charge in [-0.25, -0.2) is 0 Å². The first-order valence-corrected chi connectivity index (χ1v) is 6.97. The van der Waals surface area contributed by atoms with Crippen molar-refractivity contribution in [3.05, 3.63) is 48.3 Å². The molecule has 0 saturated heterocycles. The number of hydrogen-bond donors (Lipinski definition) is 1. The third-order valence-corrected chi connectivity index (χ3v) is 3.69. The Balaban J connectivity index is 1.60. The van der Waals surface area contributed by atoms with E-state index in [0.717, 1.165) is 29.8 Å². The molecule has 1 N–H and O–H groups in total. The highest BCUT2D eigenvalue weighted by molar-refractivity contribution is 5.79. The van der Waals surface area contributed by atoms with Crippen LogP contribution in [0.25, 0.3) is 11.4 Å². The van der Waals surface area contributed by atoms with E-state index in [-0.39, 0.29) is 11.8 Å². The first-order chi connectivity index (χ1) is 9.83. The van der Waals surface area contributed by atoms with E-state index >= 15 is 0 Å². The molecule has 20 heavy (non-hydrogen) atoms. The molecule has 0 radical (unpaired) electrons. The summed E-state index contributed by atoms with van der Waals surface area (Å²) in [4.78, 5) is 20.4. The molecule has 1 amide bonds. The van der Waals surface area contributed by atoms with Crippen molar-refractivity contribution in [3.63, 3.8) is 0 Å². The molecule has 0 unspecified atom stereocenters. The standard InChI is InChI=1S/C16H17N3O/c20-16(13-4-3-5-13)19-11-12-7-8-15(18-10-12)14-6-1-2-9-17-14/h1-2,6-10,13H,3-5,11H2,(H,19,20). The molecule has 2 aromatic rings. The van der Waals surface area contributed by atoms with E-state index in [1.807, 2.05) is 30.3 Å². The summed E-state index contributed by atoms with van der Waals surface area (Å²) >= 11 is 0. The Labute approximate surface area is 118 Å². The lowest BCUT2D eigenvalue weighted by atomic mass is 9.85. The Morgan fingerprint density at radius 1 is 1.15 bits per heavy atom. The number of amides is 1. The van der Waals surface area contributed by atoms with Crippen LogP contribution in [0.4, 0.5) is 0 Å². The zero-order valence-electron chi connectivity index (χ0n) is 11.2. The molecule has 0 aliphatic heterocycles. The molecule has 0 aromatic carbocycles. The Morgan fingerprint density at radius 3 is 2.60 bits per heavy atom. The molecule has 3 rings (SSSR count). The third kappa shape index (κ3) is 2.85. The van der Waals surface area contributed by atoms with Gasteiger partial charge in [0.05, 0.1) is 11.4 Å². The molecule has 4 nitrogen and oxygen atoms in total. The monoisotopic (exact) mass is 267 g/mol. The van der Waals surface area contributed by atoms with E-state index < -0.39 is 0 Å². The van der Waals surface area contributed by atoms with Crippen LogP contribution in [0.15, 0.2) is 42.7 Å². The molecule has 1 aliphatic rings.